The molecule has 0 radical (unpaired) electrons. The highest BCUT2D eigenvalue weighted by molar-refractivity contribution is 8.00. The second-order valence-corrected chi connectivity index (χ2v) is 7.92. The van der Waals surface area contributed by atoms with E-state index in [1.165, 1.54) is 12.0 Å². The second-order valence-electron chi connectivity index (χ2n) is 4.42. The molecule has 0 spiro atoms. The highest BCUT2D eigenvalue weighted by Gasteiger charge is 2.23. The van der Waals surface area contributed by atoms with Gasteiger partial charge >= 0.3 is 0 Å². The monoisotopic (exact) mass is 271 g/mol. The summed E-state index contributed by atoms with van der Waals surface area (Å²) in [6, 6.07) is 7.49. The van der Waals surface area contributed by atoms with Gasteiger partial charge in [-0.05, 0) is 30.4 Å². The third kappa shape index (κ3) is 3.16. The zero-order valence-electron chi connectivity index (χ0n) is 10.0. The number of nitrogens with one attached hydrogen (secondary N) is 1. The van der Waals surface area contributed by atoms with Crippen molar-refractivity contribution in [2.75, 3.05) is 17.3 Å². The predicted octanol–water partition coefficient (Wildman–Crippen LogP) is 2.40. The van der Waals surface area contributed by atoms with Crippen molar-refractivity contribution in [3.8, 4) is 0 Å². The third-order valence-electron chi connectivity index (χ3n) is 2.99. The van der Waals surface area contributed by atoms with E-state index in [0.717, 1.165) is 12.1 Å². The first-order valence-electron chi connectivity index (χ1n) is 5.65. The molecule has 0 aromatic heterocycles. The van der Waals surface area contributed by atoms with Crippen molar-refractivity contribution >= 4 is 27.3 Å². The molecular weight excluding hydrogens is 254 g/mol. The van der Waals surface area contributed by atoms with Crippen LogP contribution in [0.3, 0.4) is 0 Å². The quantitative estimate of drug-likeness (QED) is 0.917. The molecule has 1 aliphatic heterocycles. The normalized spacial score (nSPS) is 24.8. The van der Waals surface area contributed by atoms with Crippen LogP contribution < -0.4 is 5.32 Å². The molecule has 1 heterocycles. The van der Waals surface area contributed by atoms with Gasteiger partial charge in [-0.2, -0.15) is 11.8 Å². The molecule has 94 valence electrons. The third-order valence-corrected chi connectivity index (χ3v) is 5.43. The summed E-state index contributed by atoms with van der Waals surface area (Å²) in [6.45, 7) is 2.20. The summed E-state index contributed by atoms with van der Waals surface area (Å²) < 4.78 is 22.9. The Kier molecular flexibility index (Phi) is 3.68. The lowest BCUT2D eigenvalue weighted by Gasteiger charge is -2.18. The fourth-order valence-electron chi connectivity index (χ4n) is 1.95. The van der Waals surface area contributed by atoms with E-state index >= 15 is 0 Å². The molecule has 1 aromatic rings. The Morgan fingerprint density at radius 1 is 1.41 bits per heavy atom. The Morgan fingerprint density at radius 2 is 2.18 bits per heavy atom. The zero-order chi connectivity index (χ0) is 12.5. The summed E-state index contributed by atoms with van der Waals surface area (Å²) in [6.07, 6.45) is 2.37. The summed E-state index contributed by atoms with van der Waals surface area (Å²) in [4.78, 5) is 0.376. The molecule has 2 atom stereocenters. The molecule has 1 saturated heterocycles. The molecule has 0 aliphatic carbocycles. The molecule has 5 heteroatoms. The Morgan fingerprint density at radius 3 is 2.76 bits per heavy atom. The molecule has 1 aromatic carbocycles. The van der Waals surface area contributed by atoms with Gasteiger partial charge in [-0.15, -0.1) is 0 Å². The molecule has 0 saturated carbocycles. The standard InChI is InChI=1S/C12H17NO2S2/c1-9-12(6-7-16-9)13-10-4-3-5-11(8-10)17(2,14)15/h3-5,8-9,12-13H,6-7H2,1-2H3. The highest BCUT2D eigenvalue weighted by atomic mass is 32.2. The molecule has 3 nitrogen and oxygen atoms in total. The summed E-state index contributed by atoms with van der Waals surface area (Å²) in [5.41, 5.74) is 0.896. The van der Waals surface area contributed by atoms with Gasteiger partial charge in [0, 0.05) is 23.2 Å². The van der Waals surface area contributed by atoms with Crippen molar-refractivity contribution in [3.05, 3.63) is 24.3 Å². The van der Waals surface area contributed by atoms with Gasteiger partial charge in [0.05, 0.1) is 4.90 Å². The molecule has 2 unspecified atom stereocenters. The van der Waals surface area contributed by atoms with Crippen LogP contribution in [0.1, 0.15) is 13.3 Å². The first-order valence-corrected chi connectivity index (χ1v) is 8.59. The zero-order valence-corrected chi connectivity index (χ0v) is 11.6. The number of hydrogen-bond acceptors (Lipinski definition) is 4. The number of anilines is 1. The SMILES string of the molecule is CC1SCCC1Nc1cccc(S(C)(=O)=O)c1. The van der Waals surface area contributed by atoms with Crippen LogP contribution in [-0.2, 0) is 9.84 Å². The summed E-state index contributed by atoms with van der Waals surface area (Å²) in [5, 5.41) is 4.00. The van der Waals surface area contributed by atoms with E-state index < -0.39 is 9.84 Å². The smallest absolute Gasteiger partial charge is 0.175 e. The number of thioether (sulfide) groups is 1. The number of rotatable bonds is 3. The Hall–Kier alpha value is -0.680. The van der Waals surface area contributed by atoms with E-state index in [-0.39, 0.29) is 0 Å². The van der Waals surface area contributed by atoms with Crippen LogP contribution >= 0.6 is 11.8 Å². The predicted molar refractivity (Wildman–Crippen MR) is 73.5 cm³/mol. The summed E-state index contributed by atoms with van der Waals surface area (Å²) in [7, 11) is -3.12. The van der Waals surface area contributed by atoms with E-state index in [4.69, 9.17) is 0 Å². The Labute approximate surface area is 107 Å². The average Bonchev–Trinajstić information content (AvgIpc) is 2.64. The number of sulfone groups is 1. The molecule has 2 rings (SSSR count). The van der Waals surface area contributed by atoms with E-state index in [2.05, 4.69) is 12.2 Å². The van der Waals surface area contributed by atoms with Gasteiger partial charge in [-0.25, -0.2) is 8.42 Å². The topological polar surface area (TPSA) is 46.2 Å². The molecule has 1 aliphatic rings. The molecule has 0 amide bonds. The lowest BCUT2D eigenvalue weighted by molar-refractivity contribution is 0.602. The molecule has 1 fully saturated rings. The van der Waals surface area contributed by atoms with Crippen molar-refractivity contribution in [3.63, 3.8) is 0 Å². The van der Waals surface area contributed by atoms with Crippen LogP contribution in [0, 0.1) is 0 Å². The second kappa shape index (κ2) is 4.90. The van der Waals surface area contributed by atoms with Crippen molar-refractivity contribution in [1.29, 1.82) is 0 Å². The fraction of sp³-hybridized carbons (Fsp3) is 0.500. The van der Waals surface area contributed by atoms with Crippen LogP contribution in [0.25, 0.3) is 0 Å². The van der Waals surface area contributed by atoms with Crippen LogP contribution in [0.15, 0.2) is 29.2 Å². The lowest BCUT2D eigenvalue weighted by atomic mass is 10.1. The van der Waals surface area contributed by atoms with Gasteiger partial charge in [0.1, 0.15) is 0 Å². The van der Waals surface area contributed by atoms with Crippen molar-refractivity contribution in [2.45, 2.75) is 29.5 Å². The van der Waals surface area contributed by atoms with Crippen molar-refractivity contribution in [1.82, 2.24) is 0 Å². The Bertz CT molecular complexity index is 499. The van der Waals surface area contributed by atoms with Gasteiger partial charge in [-0.3, -0.25) is 0 Å². The number of hydrogen-bond donors (Lipinski definition) is 1. The number of benzene rings is 1. The summed E-state index contributed by atoms with van der Waals surface area (Å²) >= 11 is 1.95. The molecule has 0 bridgehead atoms. The van der Waals surface area contributed by atoms with Crippen LogP contribution in [0.2, 0.25) is 0 Å². The van der Waals surface area contributed by atoms with Gasteiger partial charge < -0.3 is 5.32 Å². The summed E-state index contributed by atoms with van der Waals surface area (Å²) in [5.74, 6) is 1.17. The maximum absolute atomic E-state index is 11.5. The minimum absolute atomic E-state index is 0.376. The van der Waals surface area contributed by atoms with Crippen molar-refractivity contribution < 1.29 is 8.42 Å². The van der Waals surface area contributed by atoms with Gasteiger partial charge in [0.15, 0.2) is 9.84 Å². The molecule has 1 N–H and O–H groups in total. The minimum atomic E-state index is -3.12. The molecule has 17 heavy (non-hydrogen) atoms. The maximum atomic E-state index is 11.5. The van der Waals surface area contributed by atoms with Crippen LogP contribution in [0.5, 0.6) is 0 Å². The van der Waals surface area contributed by atoms with Crippen LogP contribution in [0.4, 0.5) is 5.69 Å². The van der Waals surface area contributed by atoms with Crippen LogP contribution in [-0.4, -0.2) is 31.7 Å². The minimum Gasteiger partial charge on any atom is -0.381 e. The van der Waals surface area contributed by atoms with E-state index in [0.29, 0.717) is 16.2 Å². The molecular formula is C12H17NO2S2. The largest absolute Gasteiger partial charge is 0.381 e. The fourth-order valence-corrected chi connectivity index (χ4v) is 3.82. The van der Waals surface area contributed by atoms with E-state index in [1.54, 1.807) is 18.2 Å². The van der Waals surface area contributed by atoms with E-state index in [1.807, 2.05) is 17.8 Å². The average molecular weight is 271 g/mol. The first kappa shape index (κ1) is 12.8. The van der Waals surface area contributed by atoms with Crippen molar-refractivity contribution in [2.24, 2.45) is 0 Å². The van der Waals surface area contributed by atoms with E-state index in [9.17, 15) is 8.42 Å². The lowest BCUT2D eigenvalue weighted by Crippen LogP contribution is -2.24. The maximum Gasteiger partial charge on any atom is 0.175 e. The van der Waals surface area contributed by atoms with Gasteiger partial charge in [0.25, 0.3) is 0 Å². The van der Waals surface area contributed by atoms with Gasteiger partial charge in [-0.1, -0.05) is 13.0 Å². The first-order chi connectivity index (χ1) is 7.97. The van der Waals surface area contributed by atoms with Gasteiger partial charge in [0.2, 0.25) is 0 Å². The Balaban J connectivity index is 2.17. The highest BCUT2D eigenvalue weighted by Crippen LogP contribution is 2.29.